The highest BCUT2D eigenvalue weighted by molar-refractivity contribution is 6.46. The monoisotopic (exact) mass is 352 g/mol. The quantitative estimate of drug-likeness (QED) is 0.203. The van der Waals surface area contributed by atoms with Crippen LogP contribution >= 0.6 is 0 Å². The van der Waals surface area contributed by atoms with Gasteiger partial charge in [0.05, 0.1) is 6.10 Å². The molecule has 0 aromatic rings. The smallest absolute Gasteiger partial charge is 0.335 e. The summed E-state index contributed by atoms with van der Waals surface area (Å²) in [5, 5.41) is 38.4. The molecule has 134 valence electrons. The topological polar surface area (TPSA) is 158 Å². The van der Waals surface area contributed by atoms with E-state index in [0.29, 0.717) is 0 Å². The average molecular weight is 352 g/mol. The predicted octanol–water partition coefficient (Wildman–Crippen LogP) is -1.58. The summed E-state index contributed by atoms with van der Waals surface area (Å²) in [5.74, 6) is -4.01. The van der Waals surface area contributed by atoms with E-state index >= 15 is 0 Å². The second kappa shape index (κ2) is 7.09. The summed E-state index contributed by atoms with van der Waals surface area (Å²) >= 11 is 0. The van der Waals surface area contributed by atoms with Gasteiger partial charge in [0.2, 0.25) is 11.6 Å². The van der Waals surface area contributed by atoms with E-state index in [1.54, 1.807) is 0 Å². The molecule has 0 radical (unpaired) electrons. The van der Waals surface area contributed by atoms with Crippen LogP contribution in [-0.4, -0.2) is 67.8 Å². The molecule has 0 aromatic heterocycles. The number of aliphatic hydroxyl groups excluding tert-OH is 2. The number of carboxylic acid groups (broad SMARTS) is 1. The van der Waals surface area contributed by atoms with Crippen molar-refractivity contribution in [2.75, 3.05) is 0 Å². The number of rotatable bonds is 4. The van der Waals surface area contributed by atoms with Gasteiger partial charge in [-0.15, -0.1) is 0 Å². The number of allylic oxidation sites excluding steroid dienone is 5. The van der Waals surface area contributed by atoms with Crippen molar-refractivity contribution in [1.29, 1.82) is 0 Å². The zero-order chi connectivity index (χ0) is 18.8. The maximum absolute atomic E-state index is 11.8. The van der Waals surface area contributed by atoms with E-state index in [1.807, 2.05) is 0 Å². The molecule has 2 aliphatic carbocycles. The zero-order valence-corrected chi connectivity index (χ0v) is 12.9. The largest absolute Gasteiger partial charge is 0.479 e. The summed E-state index contributed by atoms with van der Waals surface area (Å²) < 4.78 is 4.90. The number of ketones is 2. The molecule has 4 N–H and O–H groups in total. The Morgan fingerprint density at radius 2 is 1.84 bits per heavy atom. The van der Waals surface area contributed by atoms with E-state index in [2.05, 4.69) is 0 Å². The molecule has 9 heteroatoms. The van der Waals surface area contributed by atoms with Gasteiger partial charge in [-0.1, -0.05) is 6.08 Å². The average Bonchev–Trinajstić information content (AvgIpc) is 2.53. The normalized spacial score (nSPS) is 32.6. The van der Waals surface area contributed by atoms with E-state index in [4.69, 9.17) is 9.84 Å². The third-order valence-corrected chi connectivity index (χ3v) is 3.91. The van der Waals surface area contributed by atoms with Gasteiger partial charge in [0.25, 0.3) is 0 Å². The van der Waals surface area contributed by atoms with Crippen LogP contribution in [0.2, 0.25) is 0 Å². The van der Waals surface area contributed by atoms with Gasteiger partial charge in [-0.25, -0.2) is 9.59 Å². The van der Waals surface area contributed by atoms with Crippen molar-refractivity contribution in [3.8, 4) is 0 Å². The highest BCUT2D eigenvalue weighted by atomic mass is 16.6. The first-order chi connectivity index (χ1) is 11.6. The summed E-state index contributed by atoms with van der Waals surface area (Å²) in [5.41, 5.74) is -2.05. The molecule has 0 amide bonds. The Kier molecular flexibility index (Phi) is 5.31. The Bertz CT molecular complexity index is 702. The van der Waals surface area contributed by atoms with Crippen molar-refractivity contribution in [3.63, 3.8) is 0 Å². The number of carbonyl (C=O) groups excluding carboxylic acids is 3. The molecule has 1 fully saturated rings. The van der Waals surface area contributed by atoms with Gasteiger partial charge in [0.15, 0.2) is 5.60 Å². The minimum absolute atomic E-state index is 0.271. The lowest BCUT2D eigenvalue weighted by molar-refractivity contribution is -0.196. The van der Waals surface area contributed by atoms with E-state index < -0.39 is 60.3 Å². The number of ether oxygens (including phenoxy) is 1. The van der Waals surface area contributed by atoms with Gasteiger partial charge in [-0.3, -0.25) is 9.59 Å². The van der Waals surface area contributed by atoms with Gasteiger partial charge in [0.1, 0.15) is 12.2 Å². The van der Waals surface area contributed by atoms with Crippen molar-refractivity contribution >= 4 is 23.5 Å². The first-order valence-electron chi connectivity index (χ1n) is 7.31. The second-order valence-corrected chi connectivity index (χ2v) is 5.82. The minimum Gasteiger partial charge on any atom is -0.479 e. The molecule has 2 aliphatic rings. The lowest BCUT2D eigenvalue weighted by Gasteiger charge is -2.39. The van der Waals surface area contributed by atoms with Crippen LogP contribution in [0.25, 0.3) is 0 Å². The SMILES string of the molecule is O=C(C=CC1=CC(=O)C(=O)C=C1)OC1CC(O)(C(=O)O)CC(O)C1O. The number of carbonyl (C=O) groups is 4. The molecule has 4 atom stereocenters. The first-order valence-corrected chi connectivity index (χ1v) is 7.31. The van der Waals surface area contributed by atoms with Crippen LogP contribution in [0.1, 0.15) is 12.8 Å². The molecule has 0 saturated heterocycles. The van der Waals surface area contributed by atoms with Gasteiger partial charge in [0, 0.05) is 18.9 Å². The summed E-state index contributed by atoms with van der Waals surface area (Å²) in [6.07, 6.45) is -0.260. The van der Waals surface area contributed by atoms with Crippen LogP contribution in [0.4, 0.5) is 0 Å². The Labute approximate surface area is 141 Å². The fourth-order valence-corrected chi connectivity index (χ4v) is 2.52. The fraction of sp³-hybridized carbons (Fsp3) is 0.375. The number of carboxylic acids is 1. The van der Waals surface area contributed by atoms with Crippen molar-refractivity contribution in [3.05, 3.63) is 36.0 Å². The van der Waals surface area contributed by atoms with Crippen LogP contribution in [0, 0.1) is 0 Å². The van der Waals surface area contributed by atoms with Crippen molar-refractivity contribution in [2.24, 2.45) is 0 Å². The number of esters is 1. The maximum atomic E-state index is 11.8. The Morgan fingerprint density at radius 1 is 1.16 bits per heavy atom. The number of hydrogen-bond acceptors (Lipinski definition) is 8. The van der Waals surface area contributed by atoms with Crippen LogP contribution in [-0.2, 0) is 23.9 Å². The second-order valence-electron chi connectivity index (χ2n) is 5.82. The van der Waals surface area contributed by atoms with Gasteiger partial charge in [-0.2, -0.15) is 0 Å². The molecule has 0 aromatic carbocycles. The number of aliphatic carboxylic acids is 1. The predicted molar refractivity (Wildman–Crippen MR) is 80.1 cm³/mol. The molecule has 4 unspecified atom stereocenters. The standard InChI is InChI=1S/C16H16O9/c17-9-3-1-8(5-10(9)18)2-4-13(20)25-12-7-16(24,15(22)23)6-11(19)14(12)21/h1-5,11-12,14,19,21,24H,6-7H2,(H,22,23). The Hall–Kier alpha value is -2.62. The molecular weight excluding hydrogens is 336 g/mol. The van der Waals surface area contributed by atoms with Crippen LogP contribution in [0.5, 0.6) is 0 Å². The van der Waals surface area contributed by atoms with Crippen LogP contribution in [0.3, 0.4) is 0 Å². The van der Waals surface area contributed by atoms with E-state index in [9.17, 15) is 34.5 Å². The molecule has 2 rings (SSSR count). The molecule has 0 spiro atoms. The van der Waals surface area contributed by atoms with E-state index in [0.717, 1.165) is 18.2 Å². The lowest BCUT2D eigenvalue weighted by atomic mass is 9.79. The Balaban J connectivity index is 2.04. The zero-order valence-electron chi connectivity index (χ0n) is 12.9. The molecule has 0 bridgehead atoms. The third-order valence-electron chi connectivity index (χ3n) is 3.91. The van der Waals surface area contributed by atoms with Gasteiger partial charge < -0.3 is 25.2 Å². The van der Waals surface area contributed by atoms with Crippen LogP contribution < -0.4 is 0 Å². The molecular formula is C16H16O9. The lowest BCUT2D eigenvalue weighted by Crippen LogP contribution is -2.57. The molecule has 1 saturated carbocycles. The summed E-state index contributed by atoms with van der Waals surface area (Å²) in [7, 11) is 0. The van der Waals surface area contributed by atoms with Gasteiger partial charge >= 0.3 is 11.9 Å². The fourth-order valence-electron chi connectivity index (χ4n) is 2.52. The maximum Gasteiger partial charge on any atom is 0.335 e. The molecule has 25 heavy (non-hydrogen) atoms. The summed E-state index contributed by atoms with van der Waals surface area (Å²) in [6, 6.07) is 0. The minimum atomic E-state index is -2.32. The molecule has 0 heterocycles. The Morgan fingerprint density at radius 3 is 2.44 bits per heavy atom. The molecule has 0 aliphatic heterocycles. The number of hydrogen-bond donors (Lipinski definition) is 4. The van der Waals surface area contributed by atoms with E-state index in [1.165, 1.54) is 12.2 Å². The van der Waals surface area contributed by atoms with Crippen molar-refractivity contribution < 1.29 is 44.3 Å². The summed E-state index contributed by atoms with van der Waals surface area (Å²) in [4.78, 5) is 45.1. The van der Waals surface area contributed by atoms with Crippen molar-refractivity contribution in [1.82, 2.24) is 0 Å². The third kappa shape index (κ3) is 4.27. The first kappa shape index (κ1) is 18.7. The number of aliphatic hydroxyl groups is 3. The van der Waals surface area contributed by atoms with E-state index in [-0.39, 0.29) is 5.57 Å². The highest BCUT2D eigenvalue weighted by Gasteiger charge is 2.50. The molecule has 9 nitrogen and oxygen atoms in total. The van der Waals surface area contributed by atoms with Gasteiger partial charge in [-0.05, 0) is 23.8 Å². The highest BCUT2D eigenvalue weighted by Crippen LogP contribution is 2.31. The summed E-state index contributed by atoms with van der Waals surface area (Å²) in [6.45, 7) is 0. The van der Waals surface area contributed by atoms with Crippen molar-refractivity contribution in [2.45, 2.75) is 36.8 Å². The van der Waals surface area contributed by atoms with Crippen LogP contribution in [0.15, 0.2) is 36.0 Å².